The van der Waals surface area contributed by atoms with Gasteiger partial charge in [-0.15, -0.1) is 0 Å². The van der Waals surface area contributed by atoms with E-state index in [0.717, 1.165) is 12.6 Å². The van der Waals surface area contributed by atoms with Gasteiger partial charge in [0.1, 0.15) is 15.8 Å². The highest BCUT2D eigenvalue weighted by atomic mass is 35.5. The molecule has 0 aliphatic heterocycles. The fraction of sp³-hybridized carbons (Fsp3) is 0.357. The molecular formula is C14H13ClFN3OS2. The summed E-state index contributed by atoms with van der Waals surface area (Å²) in [6, 6.07) is 1.35. The molecule has 3 rings (SSSR count). The SMILES string of the molecule is CS[C@H]1CC1C(=O)N(C)c1sc(-c2cncc(F)c2)nc1Cl. The van der Waals surface area contributed by atoms with Crippen LogP contribution in [0.15, 0.2) is 18.5 Å². The molecule has 0 radical (unpaired) electrons. The summed E-state index contributed by atoms with van der Waals surface area (Å²) in [7, 11) is 1.70. The van der Waals surface area contributed by atoms with Crippen LogP contribution >= 0.6 is 34.7 Å². The lowest BCUT2D eigenvalue weighted by molar-refractivity contribution is -0.119. The summed E-state index contributed by atoms with van der Waals surface area (Å²) < 4.78 is 13.3. The summed E-state index contributed by atoms with van der Waals surface area (Å²) in [5.74, 6) is -0.332. The molecule has 1 amide bonds. The van der Waals surface area contributed by atoms with E-state index in [-0.39, 0.29) is 17.0 Å². The molecule has 2 heterocycles. The monoisotopic (exact) mass is 357 g/mol. The lowest BCUT2D eigenvalue weighted by atomic mass is 10.3. The minimum Gasteiger partial charge on any atom is -0.304 e. The van der Waals surface area contributed by atoms with E-state index >= 15 is 0 Å². The molecule has 2 aromatic heterocycles. The topological polar surface area (TPSA) is 46.1 Å². The number of hydrogen-bond acceptors (Lipinski definition) is 5. The summed E-state index contributed by atoms with van der Waals surface area (Å²) in [6.07, 6.45) is 5.56. The fourth-order valence-electron chi connectivity index (χ4n) is 2.19. The van der Waals surface area contributed by atoms with Crippen molar-refractivity contribution < 1.29 is 9.18 Å². The Morgan fingerprint density at radius 1 is 1.55 bits per heavy atom. The van der Waals surface area contributed by atoms with Gasteiger partial charge in [-0.05, 0) is 18.7 Å². The number of thioether (sulfide) groups is 1. The van der Waals surface area contributed by atoms with E-state index in [2.05, 4.69) is 9.97 Å². The van der Waals surface area contributed by atoms with Gasteiger partial charge in [-0.3, -0.25) is 9.78 Å². The maximum Gasteiger partial charge on any atom is 0.231 e. The van der Waals surface area contributed by atoms with Crippen LogP contribution < -0.4 is 4.90 Å². The highest BCUT2D eigenvalue weighted by Gasteiger charge is 2.44. The maximum absolute atomic E-state index is 13.3. The van der Waals surface area contributed by atoms with Crippen LogP contribution in [-0.2, 0) is 4.79 Å². The van der Waals surface area contributed by atoms with Crippen molar-refractivity contribution in [3.63, 3.8) is 0 Å². The first-order valence-corrected chi connectivity index (χ1v) is 9.07. The molecule has 0 aromatic carbocycles. The van der Waals surface area contributed by atoms with Crippen molar-refractivity contribution in [2.75, 3.05) is 18.2 Å². The molecule has 0 bridgehead atoms. The first kappa shape index (κ1) is 15.7. The molecule has 1 aliphatic rings. The van der Waals surface area contributed by atoms with Gasteiger partial charge in [0.15, 0.2) is 5.15 Å². The van der Waals surface area contributed by atoms with E-state index in [4.69, 9.17) is 11.6 Å². The normalized spacial score (nSPS) is 20.0. The van der Waals surface area contributed by atoms with E-state index < -0.39 is 5.82 Å². The zero-order valence-electron chi connectivity index (χ0n) is 11.9. The molecule has 1 aliphatic carbocycles. The highest BCUT2D eigenvalue weighted by molar-refractivity contribution is 7.99. The van der Waals surface area contributed by atoms with Crippen molar-refractivity contribution in [1.29, 1.82) is 0 Å². The number of aromatic nitrogens is 2. The summed E-state index contributed by atoms with van der Waals surface area (Å²) in [5.41, 5.74) is 0.549. The molecule has 4 nitrogen and oxygen atoms in total. The second-order valence-corrected chi connectivity index (χ2v) is 7.43. The number of anilines is 1. The van der Waals surface area contributed by atoms with Crippen LogP contribution in [0.4, 0.5) is 9.39 Å². The van der Waals surface area contributed by atoms with Crippen molar-refractivity contribution in [3.8, 4) is 10.6 Å². The smallest absolute Gasteiger partial charge is 0.231 e. The van der Waals surface area contributed by atoms with Gasteiger partial charge in [0.2, 0.25) is 5.91 Å². The molecule has 2 aromatic rings. The lowest BCUT2D eigenvalue weighted by Crippen LogP contribution is -2.28. The zero-order chi connectivity index (χ0) is 15.9. The number of pyridine rings is 1. The second kappa shape index (κ2) is 6.14. The minimum absolute atomic E-state index is 0.0498. The average molecular weight is 358 g/mol. The van der Waals surface area contributed by atoms with E-state index in [1.807, 2.05) is 6.26 Å². The van der Waals surface area contributed by atoms with Crippen molar-refractivity contribution >= 4 is 45.6 Å². The first-order valence-electron chi connectivity index (χ1n) is 6.59. The molecule has 22 heavy (non-hydrogen) atoms. The number of rotatable bonds is 4. The summed E-state index contributed by atoms with van der Waals surface area (Å²) in [5, 5.41) is 1.77. The fourth-order valence-corrected chi connectivity index (χ4v) is 4.32. The Hall–Kier alpha value is -1.18. The Bertz CT molecular complexity index is 724. The lowest BCUT2D eigenvalue weighted by Gasteiger charge is -2.14. The van der Waals surface area contributed by atoms with Crippen LogP contribution in [0.25, 0.3) is 10.6 Å². The Morgan fingerprint density at radius 3 is 2.95 bits per heavy atom. The van der Waals surface area contributed by atoms with Gasteiger partial charge in [-0.1, -0.05) is 22.9 Å². The number of halogens is 2. The molecule has 0 spiro atoms. The first-order chi connectivity index (χ1) is 10.5. The third-order valence-electron chi connectivity index (χ3n) is 3.51. The highest BCUT2D eigenvalue weighted by Crippen LogP contribution is 2.44. The molecule has 0 saturated heterocycles. The standard InChI is InChI=1S/C14H13ClFN3OS2/c1-19(13(20)9-4-10(9)21-2)14-11(15)18-12(22-14)7-3-8(16)6-17-5-7/h3,5-6,9-10H,4H2,1-2H3/t9?,10-/m0/s1. The predicted molar refractivity (Wildman–Crippen MR) is 89.1 cm³/mol. The Balaban J connectivity index is 1.85. The number of carbonyl (C=O) groups is 1. The molecule has 1 unspecified atom stereocenters. The van der Waals surface area contributed by atoms with Crippen molar-refractivity contribution in [2.45, 2.75) is 11.7 Å². The van der Waals surface area contributed by atoms with Crippen LogP contribution in [0.5, 0.6) is 0 Å². The number of hydrogen-bond donors (Lipinski definition) is 0. The molecule has 116 valence electrons. The molecule has 1 saturated carbocycles. The van der Waals surface area contributed by atoms with Crippen LogP contribution in [-0.4, -0.2) is 34.4 Å². The maximum atomic E-state index is 13.3. The molecular weight excluding hydrogens is 345 g/mol. The van der Waals surface area contributed by atoms with Crippen molar-refractivity contribution in [3.05, 3.63) is 29.4 Å². The molecule has 2 atom stereocenters. The number of carbonyl (C=O) groups excluding carboxylic acids is 1. The van der Waals surface area contributed by atoms with Crippen molar-refractivity contribution in [2.24, 2.45) is 5.92 Å². The van der Waals surface area contributed by atoms with E-state index in [1.165, 1.54) is 23.6 Å². The summed E-state index contributed by atoms with van der Waals surface area (Å²) in [6.45, 7) is 0. The third-order valence-corrected chi connectivity index (χ3v) is 6.19. The van der Waals surface area contributed by atoms with Crippen molar-refractivity contribution in [1.82, 2.24) is 9.97 Å². The Kier molecular flexibility index (Phi) is 4.38. The van der Waals surface area contributed by atoms with Gasteiger partial charge < -0.3 is 4.90 Å². The van der Waals surface area contributed by atoms with Gasteiger partial charge in [0, 0.05) is 24.1 Å². The van der Waals surface area contributed by atoms with Gasteiger partial charge in [0.05, 0.1) is 12.1 Å². The van der Waals surface area contributed by atoms with Gasteiger partial charge in [-0.2, -0.15) is 11.8 Å². The van der Waals surface area contributed by atoms with E-state index in [9.17, 15) is 9.18 Å². The van der Waals surface area contributed by atoms with E-state index in [1.54, 1.807) is 23.7 Å². The minimum atomic E-state index is -0.435. The van der Waals surface area contributed by atoms with Gasteiger partial charge in [0.25, 0.3) is 0 Å². The molecule has 8 heteroatoms. The van der Waals surface area contributed by atoms with Crippen LogP contribution in [0.2, 0.25) is 5.15 Å². The Labute approximate surface area is 140 Å². The summed E-state index contributed by atoms with van der Waals surface area (Å²) >= 11 is 9.12. The van der Waals surface area contributed by atoms with Crippen LogP contribution in [0, 0.1) is 11.7 Å². The number of amides is 1. The average Bonchev–Trinajstić information content (AvgIpc) is 3.20. The van der Waals surface area contributed by atoms with Gasteiger partial charge in [-0.25, -0.2) is 9.37 Å². The number of nitrogens with zero attached hydrogens (tertiary/aromatic N) is 3. The van der Waals surface area contributed by atoms with Crippen LogP contribution in [0.3, 0.4) is 0 Å². The van der Waals surface area contributed by atoms with Crippen LogP contribution in [0.1, 0.15) is 6.42 Å². The zero-order valence-corrected chi connectivity index (χ0v) is 14.3. The predicted octanol–water partition coefficient (Wildman–Crippen LogP) is 3.71. The van der Waals surface area contributed by atoms with E-state index in [0.29, 0.717) is 20.8 Å². The molecule has 0 N–H and O–H groups in total. The largest absolute Gasteiger partial charge is 0.304 e. The number of thiazole rings is 1. The third kappa shape index (κ3) is 2.98. The molecule has 1 fully saturated rings. The second-order valence-electron chi connectivity index (χ2n) is 5.02. The quantitative estimate of drug-likeness (QED) is 0.836. The van der Waals surface area contributed by atoms with Gasteiger partial charge >= 0.3 is 0 Å². The Morgan fingerprint density at radius 2 is 2.32 bits per heavy atom. The summed E-state index contributed by atoms with van der Waals surface area (Å²) in [4.78, 5) is 22.0.